The number of likely N-dealkylation sites (tertiary alicyclic amines) is 1. The minimum absolute atomic E-state index is 0.121. The van der Waals surface area contributed by atoms with E-state index in [4.69, 9.17) is 4.74 Å². The highest BCUT2D eigenvalue weighted by molar-refractivity contribution is 9.10. The molecule has 0 aliphatic carbocycles. The van der Waals surface area contributed by atoms with E-state index in [1.165, 1.54) is 0 Å². The molecule has 1 N–H and O–H groups in total. The van der Waals surface area contributed by atoms with Crippen LogP contribution < -0.4 is 4.74 Å². The molecule has 1 heterocycles. The third-order valence-corrected chi connectivity index (χ3v) is 4.21. The Hall–Kier alpha value is -1.07. The summed E-state index contributed by atoms with van der Waals surface area (Å²) in [7, 11) is 1.63. The molecule has 1 amide bonds. The fraction of sp³-hybridized carbons (Fsp3) is 0.533. The number of β-amino-alcohol motifs (C(OH)–C–C–N with tert-alkyl or cyclic N) is 1. The molecule has 1 aromatic rings. The topological polar surface area (TPSA) is 49.8 Å². The zero-order valence-corrected chi connectivity index (χ0v) is 13.2. The molecule has 0 saturated carbocycles. The monoisotopic (exact) mass is 341 g/mol. The van der Waals surface area contributed by atoms with Gasteiger partial charge in [-0.3, -0.25) is 4.79 Å². The quantitative estimate of drug-likeness (QED) is 0.914. The maximum absolute atomic E-state index is 12.1. The van der Waals surface area contributed by atoms with Crippen LogP contribution in [0.1, 0.15) is 24.8 Å². The first-order valence-electron chi connectivity index (χ1n) is 6.88. The molecule has 20 heavy (non-hydrogen) atoms. The predicted octanol–water partition coefficient (Wildman–Crippen LogP) is 2.37. The van der Waals surface area contributed by atoms with E-state index in [2.05, 4.69) is 15.9 Å². The molecular formula is C15H20BrNO3. The van der Waals surface area contributed by atoms with E-state index in [1.54, 1.807) is 12.0 Å². The number of hydrogen-bond donors (Lipinski definition) is 1. The lowest BCUT2D eigenvalue weighted by Crippen LogP contribution is -2.42. The number of amides is 1. The van der Waals surface area contributed by atoms with Crippen LogP contribution in [0.15, 0.2) is 22.7 Å². The van der Waals surface area contributed by atoms with Gasteiger partial charge in [0.05, 0.1) is 17.7 Å². The van der Waals surface area contributed by atoms with Crippen LogP contribution in [0.25, 0.3) is 0 Å². The molecule has 0 radical (unpaired) electrons. The molecule has 110 valence electrons. The summed E-state index contributed by atoms with van der Waals surface area (Å²) in [6.07, 6.45) is 2.51. The number of aryl methyl sites for hydroxylation is 1. The van der Waals surface area contributed by atoms with Crippen LogP contribution in [0.4, 0.5) is 0 Å². The highest BCUT2D eigenvalue weighted by Gasteiger charge is 2.21. The van der Waals surface area contributed by atoms with Crippen LogP contribution >= 0.6 is 15.9 Å². The van der Waals surface area contributed by atoms with Gasteiger partial charge in [-0.2, -0.15) is 0 Å². The fourth-order valence-electron chi connectivity index (χ4n) is 2.46. The molecule has 0 spiro atoms. The van der Waals surface area contributed by atoms with Crippen LogP contribution in [-0.4, -0.2) is 42.2 Å². The van der Waals surface area contributed by atoms with E-state index in [0.29, 0.717) is 19.4 Å². The number of methoxy groups -OCH3 is 1. The van der Waals surface area contributed by atoms with E-state index >= 15 is 0 Å². The first-order valence-corrected chi connectivity index (χ1v) is 7.67. The Bertz CT molecular complexity index is 478. The molecule has 0 aromatic heterocycles. The van der Waals surface area contributed by atoms with Gasteiger partial charge in [0.1, 0.15) is 5.75 Å². The number of rotatable bonds is 4. The maximum Gasteiger partial charge on any atom is 0.222 e. The number of ether oxygens (including phenoxy) is 1. The molecule has 2 rings (SSSR count). The summed E-state index contributed by atoms with van der Waals surface area (Å²) in [5.74, 6) is 0.912. The van der Waals surface area contributed by atoms with Gasteiger partial charge in [-0.1, -0.05) is 6.07 Å². The Morgan fingerprint density at radius 3 is 3.00 bits per heavy atom. The number of aliphatic hydroxyl groups is 1. The number of benzene rings is 1. The molecular weight excluding hydrogens is 322 g/mol. The average molecular weight is 342 g/mol. The summed E-state index contributed by atoms with van der Waals surface area (Å²) >= 11 is 3.45. The second-order valence-corrected chi connectivity index (χ2v) is 5.96. The lowest BCUT2D eigenvalue weighted by atomic mass is 10.1. The Morgan fingerprint density at radius 2 is 2.35 bits per heavy atom. The van der Waals surface area contributed by atoms with Gasteiger partial charge in [0.15, 0.2) is 0 Å². The van der Waals surface area contributed by atoms with E-state index in [0.717, 1.165) is 35.2 Å². The largest absolute Gasteiger partial charge is 0.496 e. The van der Waals surface area contributed by atoms with Crippen molar-refractivity contribution in [1.29, 1.82) is 0 Å². The number of hydrogen-bond acceptors (Lipinski definition) is 3. The highest BCUT2D eigenvalue weighted by Crippen LogP contribution is 2.26. The van der Waals surface area contributed by atoms with Crippen molar-refractivity contribution in [3.8, 4) is 5.75 Å². The lowest BCUT2D eigenvalue weighted by molar-refractivity contribution is -0.134. The summed E-state index contributed by atoms with van der Waals surface area (Å²) in [6, 6.07) is 5.85. The van der Waals surface area contributed by atoms with Crippen molar-refractivity contribution in [1.82, 2.24) is 4.90 Å². The van der Waals surface area contributed by atoms with Gasteiger partial charge in [-0.05, 0) is 52.9 Å². The number of carbonyl (C=O) groups is 1. The fourth-order valence-corrected chi connectivity index (χ4v) is 3.04. The normalized spacial score (nSPS) is 18.9. The summed E-state index contributed by atoms with van der Waals surface area (Å²) in [6.45, 7) is 1.24. The number of carbonyl (C=O) groups excluding carboxylic acids is 1. The van der Waals surface area contributed by atoms with Crippen molar-refractivity contribution in [2.75, 3.05) is 20.2 Å². The van der Waals surface area contributed by atoms with Gasteiger partial charge in [-0.25, -0.2) is 0 Å². The Labute approximate surface area is 127 Å². The van der Waals surface area contributed by atoms with Crippen LogP contribution in [0, 0.1) is 0 Å². The molecule has 1 atom stereocenters. The van der Waals surface area contributed by atoms with Crippen molar-refractivity contribution < 1.29 is 14.6 Å². The Balaban J connectivity index is 1.88. The zero-order chi connectivity index (χ0) is 14.5. The van der Waals surface area contributed by atoms with Crippen molar-refractivity contribution >= 4 is 21.8 Å². The van der Waals surface area contributed by atoms with E-state index in [9.17, 15) is 9.90 Å². The molecule has 0 unspecified atom stereocenters. The lowest BCUT2D eigenvalue weighted by Gasteiger charge is -2.30. The minimum Gasteiger partial charge on any atom is -0.496 e. The number of halogens is 1. The molecule has 1 aliphatic rings. The van der Waals surface area contributed by atoms with E-state index in [-0.39, 0.29) is 12.0 Å². The van der Waals surface area contributed by atoms with Crippen molar-refractivity contribution in [2.45, 2.75) is 31.8 Å². The second kappa shape index (κ2) is 7.09. The van der Waals surface area contributed by atoms with Gasteiger partial charge in [-0.15, -0.1) is 0 Å². The third-order valence-electron chi connectivity index (χ3n) is 3.59. The van der Waals surface area contributed by atoms with Crippen molar-refractivity contribution in [3.05, 3.63) is 28.2 Å². The molecule has 5 heteroatoms. The van der Waals surface area contributed by atoms with Gasteiger partial charge in [0.2, 0.25) is 5.91 Å². The second-order valence-electron chi connectivity index (χ2n) is 5.10. The summed E-state index contributed by atoms with van der Waals surface area (Å²) < 4.78 is 6.08. The standard InChI is InChI=1S/C15H20BrNO3/c1-20-14-6-4-11(9-13(14)16)5-7-15(19)17-8-2-3-12(18)10-17/h4,6,9,12,18H,2-3,5,7-8,10H2,1H3/t12-/m0/s1. The first kappa shape index (κ1) is 15.3. The van der Waals surface area contributed by atoms with E-state index in [1.807, 2.05) is 18.2 Å². The molecule has 1 saturated heterocycles. The highest BCUT2D eigenvalue weighted by atomic mass is 79.9. The Morgan fingerprint density at radius 1 is 1.55 bits per heavy atom. The van der Waals surface area contributed by atoms with Crippen LogP contribution in [0.2, 0.25) is 0 Å². The molecule has 0 bridgehead atoms. The number of aliphatic hydroxyl groups excluding tert-OH is 1. The van der Waals surface area contributed by atoms with Crippen LogP contribution in [0.3, 0.4) is 0 Å². The van der Waals surface area contributed by atoms with Gasteiger partial charge in [0.25, 0.3) is 0 Å². The molecule has 4 nitrogen and oxygen atoms in total. The minimum atomic E-state index is -0.358. The SMILES string of the molecule is COc1ccc(CCC(=O)N2CCC[C@H](O)C2)cc1Br. The maximum atomic E-state index is 12.1. The molecule has 1 fully saturated rings. The zero-order valence-electron chi connectivity index (χ0n) is 11.6. The number of piperidine rings is 1. The third kappa shape index (κ3) is 3.96. The molecule has 1 aliphatic heterocycles. The average Bonchev–Trinajstić information content (AvgIpc) is 2.45. The van der Waals surface area contributed by atoms with Gasteiger partial charge in [0, 0.05) is 19.5 Å². The Kier molecular flexibility index (Phi) is 5.43. The number of nitrogens with zero attached hydrogens (tertiary/aromatic N) is 1. The van der Waals surface area contributed by atoms with Crippen molar-refractivity contribution in [2.24, 2.45) is 0 Å². The summed E-state index contributed by atoms with van der Waals surface area (Å²) in [5.41, 5.74) is 1.10. The smallest absolute Gasteiger partial charge is 0.222 e. The van der Waals surface area contributed by atoms with Crippen LogP contribution in [0.5, 0.6) is 5.75 Å². The van der Waals surface area contributed by atoms with Crippen LogP contribution in [-0.2, 0) is 11.2 Å². The summed E-state index contributed by atoms with van der Waals surface area (Å²) in [4.78, 5) is 13.9. The molecule has 1 aromatic carbocycles. The van der Waals surface area contributed by atoms with Gasteiger partial charge >= 0.3 is 0 Å². The predicted molar refractivity (Wildman–Crippen MR) is 80.8 cm³/mol. The van der Waals surface area contributed by atoms with E-state index < -0.39 is 0 Å². The van der Waals surface area contributed by atoms with Crippen molar-refractivity contribution in [3.63, 3.8) is 0 Å². The summed E-state index contributed by atoms with van der Waals surface area (Å²) in [5, 5.41) is 9.59. The van der Waals surface area contributed by atoms with Gasteiger partial charge < -0.3 is 14.7 Å². The first-order chi connectivity index (χ1) is 9.60.